The molecule has 0 fully saturated rings. The maximum Gasteiger partial charge on any atom is 0.161 e. The van der Waals surface area contributed by atoms with E-state index in [1.54, 1.807) is 32.0 Å². The molecule has 0 nitrogen and oxygen atoms in total. The lowest BCUT2D eigenvalue weighted by Crippen LogP contribution is -1.91. The molecule has 0 aliphatic rings. The Hall–Kier alpha value is -3.47. The number of hydrogen-bond acceptors (Lipinski definition) is 0. The molecule has 0 spiro atoms. The van der Waals surface area contributed by atoms with Crippen molar-refractivity contribution in [2.75, 3.05) is 0 Å². The third kappa shape index (κ3) is 11.0. The standard InChI is InChI=1S/2C8H8F2.C8H9F.C8H10/c1-5-3-7(9)6(2)8(10)4-5;1-5-3-4-6(2)8(10)7(5)9;1-6-3-4-7(2)8(9)5-6;1-7-3-5-8(2)6-4-7/h2*3-4H,1-2H3;3-5H,1-2H3;3-6H,1-2H3. The van der Waals surface area contributed by atoms with Gasteiger partial charge in [0.05, 0.1) is 0 Å². The Balaban J connectivity index is 0.000000248. The Morgan fingerprint density at radius 2 is 0.676 bits per heavy atom. The largest absolute Gasteiger partial charge is 0.207 e. The molecule has 0 amide bonds. The second-order valence-electron chi connectivity index (χ2n) is 9.09. The Bertz CT molecular complexity index is 1220. The predicted octanol–water partition coefficient (Wildman–Crippen LogP) is 9.91. The lowest BCUT2D eigenvalue weighted by Gasteiger charge is -1.99. The van der Waals surface area contributed by atoms with Gasteiger partial charge in [0.2, 0.25) is 0 Å². The maximum absolute atomic E-state index is 12.6. The fourth-order valence-electron chi connectivity index (χ4n) is 2.85. The fourth-order valence-corrected chi connectivity index (χ4v) is 2.85. The molecule has 0 aliphatic heterocycles. The monoisotopic (exact) mass is 514 g/mol. The molecule has 0 saturated heterocycles. The first-order valence-electron chi connectivity index (χ1n) is 11.8. The van der Waals surface area contributed by atoms with Gasteiger partial charge in [-0.25, -0.2) is 22.0 Å². The molecule has 0 heterocycles. The molecule has 198 valence electrons. The van der Waals surface area contributed by atoms with Crippen LogP contribution in [0.5, 0.6) is 0 Å². The first-order valence-corrected chi connectivity index (χ1v) is 11.8. The number of halogens is 5. The maximum atomic E-state index is 12.6. The summed E-state index contributed by atoms with van der Waals surface area (Å²) in [5.74, 6) is -2.54. The SMILES string of the molecule is Cc1cc(F)c(C)c(F)c1.Cc1ccc(C)c(F)c1.Cc1ccc(C)c(F)c1F.Cc1ccc(C)cc1. The van der Waals surface area contributed by atoms with Gasteiger partial charge in [0.25, 0.3) is 0 Å². The molecule has 4 rings (SSSR count). The van der Waals surface area contributed by atoms with Gasteiger partial charge in [-0.15, -0.1) is 0 Å². The summed E-state index contributed by atoms with van der Waals surface area (Å²) in [5.41, 5.74) is 5.74. The molecule has 37 heavy (non-hydrogen) atoms. The molecule has 0 atom stereocenters. The van der Waals surface area contributed by atoms with Crippen molar-refractivity contribution in [3.8, 4) is 0 Å². The average molecular weight is 515 g/mol. The Morgan fingerprint density at radius 3 is 1.03 bits per heavy atom. The summed E-state index contributed by atoms with van der Waals surface area (Å²) in [4.78, 5) is 0. The van der Waals surface area contributed by atoms with Crippen LogP contribution < -0.4 is 0 Å². The van der Waals surface area contributed by atoms with Crippen LogP contribution in [0.15, 0.2) is 66.7 Å². The first-order chi connectivity index (χ1) is 17.2. The van der Waals surface area contributed by atoms with Crippen molar-refractivity contribution in [3.05, 3.63) is 140 Å². The third-order valence-electron chi connectivity index (χ3n) is 5.44. The molecule has 5 heteroatoms. The zero-order chi connectivity index (χ0) is 28.3. The van der Waals surface area contributed by atoms with Crippen LogP contribution in [0.25, 0.3) is 0 Å². The summed E-state index contributed by atoms with van der Waals surface area (Å²) >= 11 is 0. The molecular formula is C32H35F5. The van der Waals surface area contributed by atoms with Crippen LogP contribution in [0, 0.1) is 84.5 Å². The van der Waals surface area contributed by atoms with Crippen LogP contribution >= 0.6 is 0 Å². The summed E-state index contributed by atoms with van der Waals surface area (Å²) in [6.07, 6.45) is 0. The van der Waals surface area contributed by atoms with E-state index in [4.69, 9.17) is 0 Å². The highest BCUT2D eigenvalue weighted by Crippen LogP contribution is 2.14. The van der Waals surface area contributed by atoms with Crippen molar-refractivity contribution in [1.82, 2.24) is 0 Å². The minimum atomic E-state index is -0.736. The molecule has 4 aromatic carbocycles. The third-order valence-corrected chi connectivity index (χ3v) is 5.44. The minimum absolute atomic E-state index is 0.0885. The van der Waals surface area contributed by atoms with Gasteiger partial charge in [-0.3, -0.25) is 0 Å². The van der Waals surface area contributed by atoms with Crippen molar-refractivity contribution in [2.24, 2.45) is 0 Å². The highest BCUT2D eigenvalue weighted by atomic mass is 19.2. The number of hydrogen-bond donors (Lipinski definition) is 0. The molecule has 0 radical (unpaired) electrons. The Labute approximate surface area is 217 Å². The number of rotatable bonds is 0. The van der Waals surface area contributed by atoms with Crippen LogP contribution in [0.4, 0.5) is 22.0 Å². The second kappa shape index (κ2) is 14.9. The van der Waals surface area contributed by atoms with Crippen molar-refractivity contribution < 1.29 is 22.0 Å². The topological polar surface area (TPSA) is 0 Å². The van der Waals surface area contributed by atoms with E-state index in [1.807, 2.05) is 13.0 Å². The van der Waals surface area contributed by atoms with Gasteiger partial charge in [0, 0.05) is 5.56 Å². The van der Waals surface area contributed by atoms with Crippen LogP contribution in [-0.2, 0) is 0 Å². The summed E-state index contributed by atoms with van der Waals surface area (Å²) < 4.78 is 63.0. The summed E-state index contributed by atoms with van der Waals surface area (Å²) in [6, 6.07) is 19.5. The summed E-state index contributed by atoms with van der Waals surface area (Å²) in [5, 5.41) is 0. The van der Waals surface area contributed by atoms with E-state index in [0.29, 0.717) is 22.3 Å². The zero-order valence-corrected chi connectivity index (χ0v) is 22.7. The van der Waals surface area contributed by atoms with Crippen LogP contribution in [-0.4, -0.2) is 0 Å². The van der Waals surface area contributed by atoms with E-state index < -0.39 is 23.3 Å². The van der Waals surface area contributed by atoms with Gasteiger partial charge in [-0.2, -0.15) is 0 Å². The Morgan fingerprint density at radius 1 is 0.351 bits per heavy atom. The minimum Gasteiger partial charge on any atom is -0.207 e. The number of aryl methyl sites for hydroxylation is 7. The lowest BCUT2D eigenvalue weighted by atomic mass is 10.1. The van der Waals surface area contributed by atoms with E-state index in [-0.39, 0.29) is 11.4 Å². The number of benzene rings is 4. The van der Waals surface area contributed by atoms with Crippen molar-refractivity contribution in [1.29, 1.82) is 0 Å². The van der Waals surface area contributed by atoms with Gasteiger partial charge in [-0.05, 0) is 101 Å². The van der Waals surface area contributed by atoms with Crippen molar-refractivity contribution >= 4 is 0 Å². The van der Waals surface area contributed by atoms with Gasteiger partial charge in [0.1, 0.15) is 17.5 Å². The summed E-state index contributed by atoms with van der Waals surface area (Å²) in [6.45, 7) is 14.0. The van der Waals surface area contributed by atoms with Crippen LogP contribution in [0.2, 0.25) is 0 Å². The van der Waals surface area contributed by atoms with Gasteiger partial charge >= 0.3 is 0 Å². The fraction of sp³-hybridized carbons (Fsp3) is 0.250. The second-order valence-corrected chi connectivity index (χ2v) is 9.09. The Kier molecular flexibility index (Phi) is 12.7. The predicted molar refractivity (Wildman–Crippen MR) is 143 cm³/mol. The molecule has 4 aromatic rings. The van der Waals surface area contributed by atoms with Crippen molar-refractivity contribution in [2.45, 2.75) is 55.4 Å². The van der Waals surface area contributed by atoms with Gasteiger partial charge < -0.3 is 0 Å². The molecular weight excluding hydrogens is 479 g/mol. The van der Waals surface area contributed by atoms with E-state index >= 15 is 0 Å². The highest BCUT2D eigenvalue weighted by molar-refractivity contribution is 5.25. The van der Waals surface area contributed by atoms with Crippen LogP contribution in [0.1, 0.15) is 44.5 Å². The zero-order valence-electron chi connectivity index (χ0n) is 22.7. The van der Waals surface area contributed by atoms with Crippen molar-refractivity contribution in [3.63, 3.8) is 0 Å². The van der Waals surface area contributed by atoms with E-state index in [2.05, 4.69) is 38.1 Å². The van der Waals surface area contributed by atoms with E-state index in [1.165, 1.54) is 50.1 Å². The van der Waals surface area contributed by atoms with Gasteiger partial charge in [0.15, 0.2) is 11.6 Å². The smallest absolute Gasteiger partial charge is 0.161 e. The van der Waals surface area contributed by atoms with E-state index in [9.17, 15) is 22.0 Å². The van der Waals surface area contributed by atoms with Crippen LogP contribution in [0.3, 0.4) is 0 Å². The average Bonchev–Trinajstić information content (AvgIpc) is 2.84. The normalized spacial score (nSPS) is 9.76. The molecule has 0 saturated carbocycles. The summed E-state index contributed by atoms with van der Waals surface area (Å²) in [7, 11) is 0. The van der Waals surface area contributed by atoms with Gasteiger partial charge in [-0.1, -0.05) is 59.7 Å². The highest BCUT2D eigenvalue weighted by Gasteiger charge is 2.06. The quantitative estimate of drug-likeness (QED) is 0.205. The molecule has 0 unspecified atom stereocenters. The molecule has 0 aromatic heterocycles. The first kappa shape index (κ1) is 31.6. The lowest BCUT2D eigenvalue weighted by molar-refractivity contribution is 0.497. The molecule has 0 aliphatic carbocycles. The van der Waals surface area contributed by atoms with E-state index in [0.717, 1.165) is 5.56 Å². The molecule has 0 N–H and O–H groups in total. The molecule has 0 bridgehead atoms.